The van der Waals surface area contributed by atoms with Crippen LogP contribution >= 0.6 is 0 Å². The Morgan fingerprint density at radius 1 is 1.21 bits per heavy atom. The molecule has 1 amide bonds. The molecule has 2 aromatic heterocycles. The van der Waals surface area contributed by atoms with E-state index in [0.717, 1.165) is 33.7 Å². The maximum atomic E-state index is 12.5. The van der Waals surface area contributed by atoms with E-state index in [1.165, 1.54) is 5.56 Å². The number of aromatic amines is 1. The fourth-order valence-electron chi connectivity index (χ4n) is 3.15. The third-order valence-electron chi connectivity index (χ3n) is 4.31. The smallest absolute Gasteiger partial charge is 0.268 e. The minimum absolute atomic E-state index is 0.0877. The minimum Gasteiger partial charge on any atom is -0.350 e. The van der Waals surface area contributed by atoms with E-state index in [-0.39, 0.29) is 5.91 Å². The van der Waals surface area contributed by atoms with Crippen LogP contribution in [0.4, 0.5) is 0 Å². The van der Waals surface area contributed by atoms with Gasteiger partial charge in [-0.3, -0.25) is 4.79 Å². The van der Waals surface area contributed by atoms with Gasteiger partial charge in [0.15, 0.2) is 0 Å². The number of carbonyl (C=O) groups excluding carboxylic acids is 1. The minimum atomic E-state index is -0.0877. The topological polar surface area (TPSA) is 75.6 Å². The molecule has 2 heterocycles. The SMILES string of the molecule is Cc1cc(C)c2[nH]c(C(=O)NCCn3nc(C)nc3C)c(C)c2c1. The van der Waals surface area contributed by atoms with Crippen molar-refractivity contribution in [1.82, 2.24) is 25.1 Å². The zero-order valence-electron chi connectivity index (χ0n) is 14.8. The molecule has 1 aromatic carbocycles. The summed E-state index contributed by atoms with van der Waals surface area (Å²) in [6, 6.07) is 4.24. The van der Waals surface area contributed by atoms with Gasteiger partial charge in [0.05, 0.1) is 6.54 Å². The van der Waals surface area contributed by atoms with Gasteiger partial charge < -0.3 is 10.3 Å². The molecule has 0 aliphatic rings. The Morgan fingerprint density at radius 3 is 2.62 bits per heavy atom. The van der Waals surface area contributed by atoms with Crippen LogP contribution in [0, 0.1) is 34.6 Å². The fourth-order valence-corrected chi connectivity index (χ4v) is 3.15. The van der Waals surface area contributed by atoms with Crippen LogP contribution in [-0.2, 0) is 6.54 Å². The third kappa shape index (κ3) is 2.91. The highest BCUT2D eigenvalue weighted by Gasteiger charge is 2.16. The molecule has 0 fully saturated rings. The van der Waals surface area contributed by atoms with Crippen LogP contribution in [0.15, 0.2) is 12.1 Å². The van der Waals surface area contributed by atoms with Gasteiger partial charge in [0.2, 0.25) is 0 Å². The first-order valence-electron chi connectivity index (χ1n) is 8.12. The molecule has 0 unspecified atom stereocenters. The molecule has 6 nitrogen and oxygen atoms in total. The average molecular weight is 325 g/mol. The second-order valence-electron chi connectivity index (χ2n) is 6.31. The highest BCUT2D eigenvalue weighted by atomic mass is 16.1. The van der Waals surface area contributed by atoms with Crippen LogP contribution in [0.1, 0.15) is 38.8 Å². The van der Waals surface area contributed by atoms with Crippen molar-refractivity contribution in [3.63, 3.8) is 0 Å². The Labute approximate surface area is 141 Å². The lowest BCUT2D eigenvalue weighted by atomic mass is 10.1. The van der Waals surface area contributed by atoms with Crippen molar-refractivity contribution in [1.29, 1.82) is 0 Å². The van der Waals surface area contributed by atoms with Gasteiger partial charge in [-0.15, -0.1) is 0 Å². The number of nitrogens with zero attached hydrogens (tertiary/aromatic N) is 3. The van der Waals surface area contributed by atoms with Gasteiger partial charge in [-0.1, -0.05) is 11.6 Å². The summed E-state index contributed by atoms with van der Waals surface area (Å²) in [5.41, 5.74) is 5.00. The van der Waals surface area contributed by atoms with Crippen LogP contribution in [0.5, 0.6) is 0 Å². The quantitative estimate of drug-likeness (QED) is 0.774. The maximum absolute atomic E-state index is 12.5. The summed E-state index contributed by atoms with van der Waals surface area (Å²) in [5, 5.41) is 8.37. The maximum Gasteiger partial charge on any atom is 0.268 e. The van der Waals surface area contributed by atoms with E-state index in [2.05, 4.69) is 46.4 Å². The molecule has 0 aliphatic carbocycles. The van der Waals surface area contributed by atoms with Gasteiger partial charge in [0.25, 0.3) is 5.91 Å². The zero-order valence-corrected chi connectivity index (χ0v) is 14.8. The van der Waals surface area contributed by atoms with Gasteiger partial charge in [-0.05, 0) is 51.8 Å². The van der Waals surface area contributed by atoms with E-state index in [0.29, 0.717) is 18.8 Å². The van der Waals surface area contributed by atoms with E-state index in [1.54, 1.807) is 4.68 Å². The number of carbonyl (C=O) groups is 1. The van der Waals surface area contributed by atoms with Crippen molar-refractivity contribution in [2.24, 2.45) is 0 Å². The predicted molar refractivity (Wildman–Crippen MR) is 94.3 cm³/mol. The lowest BCUT2D eigenvalue weighted by Crippen LogP contribution is -2.28. The molecule has 0 radical (unpaired) electrons. The Morgan fingerprint density at radius 2 is 1.96 bits per heavy atom. The van der Waals surface area contributed by atoms with Gasteiger partial charge >= 0.3 is 0 Å². The molecule has 0 aliphatic heterocycles. The molecular weight excluding hydrogens is 302 g/mol. The molecule has 0 spiro atoms. The first-order chi connectivity index (χ1) is 11.4. The normalized spacial score (nSPS) is 11.2. The monoisotopic (exact) mass is 325 g/mol. The van der Waals surface area contributed by atoms with Crippen LogP contribution in [0.25, 0.3) is 10.9 Å². The van der Waals surface area contributed by atoms with Crippen molar-refractivity contribution in [2.75, 3.05) is 6.54 Å². The first kappa shape index (κ1) is 16.2. The standard InChI is InChI=1S/C18H23N5O/c1-10-8-11(2)16-15(9-10)12(3)17(21-16)18(24)19-6-7-23-14(5)20-13(4)22-23/h8-9,21H,6-7H2,1-5H3,(H,19,24). The lowest BCUT2D eigenvalue weighted by molar-refractivity contribution is 0.0947. The Hall–Kier alpha value is -2.63. The van der Waals surface area contributed by atoms with E-state index in [1.807, 2.05) is 20.8 Å². The summed E-state index contributed by atoms with van der Waals surface area (Å²) in [4.78, 5) is 20.1. The van der Waals surface area contributed by atoms with E-state index >= 15 is 0 Å². The number of fused-ring (bicyclic) bond motifs is 1. The Bertz CT molecular complexity index is 919. The summed E-state index contributed by atoms with van der Waals surface area (Å²) < 4.78 is 1.81. The van der Waals surface area contributed by atoms with Crippen molar-refractivity contribution < 1.29 is 4.79 Å². The number of amides is 1. The van der Waals surface area contributed by atoms with E-state index < -0.39 is 0 Å². The molecule has 0 saturated carbocycles. The number of aromatic nitrogens is 4. The van der Waals surface area contributed by atoms with E-state index in [9.17, 15) is 4.79 Å². The van der Waals surface area contributed by atoms with Crippen LogP contribution in [0.2, 0.25) is 0 Å². The van der Waals surface area contributed by atoms with E-state index in [4.69, 9.17) is 0 Å². The first-order valence-corrected chi connectivity index (χ1v) is 8.12. The van der Waals surface area contributed by atoms with Gasteiger partial charge in [-0.25, -0.2) is 9.67 Å². The lowest BCUT2D eigenvalue weighted by Gasteiger charge is -2.06. The number of benzene rings is 1. The molecule has 0 saturated heterocycles. The van der Waals surface area contributed by atoms with Gasteiger partial charge in [0.1, 0.15) is 17.3 Å². The molecule has 126 valence electrons. The fraction of sp³-hybridized carbons (Fsp3) is 0.389. The third-order valence-corrected chi connectivity index (χ3v) is 4.31. The molecule has 3 rings (SSSR count). The molecule has 2 N–H and O–H groups in total. The second-order valence-corrected chi connectivity index (χ2v) is 6.31. The van der Waals surface area contributed by atoms with Crippen LogP contribution in [-0.4, -0.2) is 32.2 Å². The number of H-pyrrole nitrogens is 1. The van der Waals surface area contributed by atoms with Crippen LogP contribution < -0.4 is 5.32 Å². The predicted octanol–water partition coefficient (Wildman–Crippen LogP) is 2.73. The number of hydrogen-bond donors (Lipinski definition) is 2. The number of rotatable bonds is 4. The number of aryl methyl sites for hydroxylation is 5. The number of hydrogen-bond acceptors (Lipinski definition) is 3. The highest BCUT2D eigenvalue weighted by molar-refractivity contribution is 6.01. The summed E-state index contributed by atoms with van der Waals surface area (Å²) in [6.45, 7) is 11.0. The molecule has 0 bridgehead atoms. The highest BCUT2D eigenvalue weighted by Crippen LogP contribution is 2.25. The van der Waals surface area contributed by atoms with Crippen molar-refractivity contribution in [2.45, 2.75) is 41.2 Å². The van der Waals surface area contributed by atoms with Crippen molar-refractivity contribution in [3.05, 3.63) is 46.2 Å². The second kappa shape index (κ2) is 6.11. The van der Waals surface area contributed by atoms with Crippen LogP contribution in [0.3, 0.4) is 0 Å². The molecule has 24 heavy (non-hydrogen) atoms. The molecular formula is C18H23N5O. The van der Waals surface area contributed by atoms with Gasteiger partial charge in [-0.2, -0.15) is 5.10 Å². The molecule has 6 heteroatoms. The Balaban J connectivity index is 1.75. The van der Waals surface area contributed by atoms with Crippen molar-refractivity contribution in [3.8, 4) is 0 Å². The largest absolute Gasteiger partial charge is 0.350 e. The molecule has 0 atom stereocenters. The summed E-state index contributed by atoms with van der Waals surface area (Å²) >= 11 is 0. The van der Waals surface area contributed by atoms with Gasteiger partial charge in [0, 0.05) is 17.4 Å². The average Bonchev–Trinajstić information content (AvgIpc) is 3.00. The molecule has 3 aromatic rings. The summed E-state index contributed by atoms with van der Waals surface area (Å²) in [7, 11) is 0. The number of nitrogens with one attached hydrogen (secondary N) is 2. The summed E-state index contributed by atoms with van der Waals surface area (Å²) in [6.07, 6.45) is 0. The zero-order chi connectivity index (χ0) is 17.4. The Kier molecular flexibility index (Phi) is 4.13. The summed E-state index contributed by atoms with van der Waals surface area (Å²) in [5.74, 6) is 1.51. The van der Waals surface area contributed by atoms with Crippen molar-refractivity contribution >= 4 is 16.8 Å².